The Labute approximate surface area is 128 Å². The Bertz CT molecular complexity index is 670. The van der Waals surface area contributed by atoms with Crippen molar-refractivity contribution in [3.63, 3.8) is 0 Å². The average molecular weight is 299 g/mol. The molecule has 1 aliphatic rings. The van der Waals surface area contributed by atoms with E-state index in [0.717, 1.165) is 18.8 Å². The van der Waals surface area contributed by atoms with Gasteiger partial charge in [-0.2, -0.15) is 0 Å². The second-order valence-corrected chi connectivity index (χ2v) is 5.26. The summed E-state index contributed by atoms with van der Waals surface area (Å²) in [7, 11) is 0. The number of benzene rings is 1. The monoisotopic (exact) mass is 299 g/mol. The van der Waals surface area contributed by atoms with E-state index in [2.05, 4.69) is 22.0 Å². The second kappa shape index (κ2) is 6.43. The van der Waals surface area contributed by atoms with Gasteiger partial charge in [0.1, 0.15) is 4.92 Å². The molecule has 6 nitrogen and oxygen atoms in total. The van der Waals surface area contributed by atoms with Crippen molar-refractivity contribution in [2.24, 2.45) is 4.99 Å². The van der Waals surface area contributed by atoms with Gasteiger partial charge in [-0.3, -0.25) is 15.1 Å². The van der Waals surface area contributed by atoms with Crippen LogP contribution >= 0.6 is 0 Å². The third kappa shape index (κ3) is 3.33. The molecule has 1 aromatic carbocycles. The van der Waals surface area contributed by atoms with Crippen LogP contribution in [0.5, 0.6) is 0 Å². The number of aliphatic imine (C=N–C) groups is 1. The van der Waals surface area contributed by atoms with Crippen LogP contribution in [0.25, 0.3) is 0 Å². The summed E-state index contributed by atoms with van der Waals surface area (Å²) in [6.07, 6.45) is 5.30. The van der Waals surface area contributed by atoms with E-state index >= 15 is 0 Å². The molecule has 0 unspecified atom stereocenters. The second-order valence-electron chi connectivity index (χ2n) is 5.26. The van der Waals surface area contributed by atoms with Crippen LogP contribution in [0.15, 0.2) is 45.8 Å². The highest BCUT2D eigenvalue weighted by molar-refractivity contribution is 5.79. The molecule has 0 aliphatic carbocycles. The van der Waals surface area contributed by atoms with Gasteiger partial charge in [-0.05, 0) is 49.6 Å². The molecule has 1 saturated heterocycles. The van der Waals surface area contributed by atoms with Crippen molar-refractivity contribution >= 4 is 23.5 Å². The summed E-state index contributed by atoms with van der Waals surface area (Å²) in [5.41, 5.74) is 2.01. The maximum Gasteiger partial charge on any atom is 0.433 e. The standard InChI is InChI=1S/C16H17N3O3/c20-19(21)16-9-8-15(22-16)12-17-13-4-6-14(7-5-13)18-10-2-1-3-11-18/h4-9,12H,1-3,10-11H2. The summed E-state index contributed by atoms with van der Waals surface area (Å²) in [6, 6.07) is 10.9. The lowest BCUT2D eigenvalue weighted by Crippen LogP contribution is -2.29. The first-order chi connectivity index (χ1) is 10.7. The lowest BCUT2D eigenvalue weighted by molar-refractivity contribution is -0.402. The van der Waals surface area contributed by atoms with Gasteiger partial charge in [0.25, 0.3) is 0 Å². The third-order valence-corrected chi connectivity index (χ3v) is 3.70. The molecular weight excluding hydrogens is 282 g/mol. The Morgan fingerprint density at radius 2 is 1.82 bits per heavy atom. The fraction of sp³-hybridized carbons (Fsp3) is 0.312. The molecule has 114 valence electrons. The Morgan fingerprint density at radius 3 is 2.45 bits per heavy atom. The quantitative estimate of drug-likeness (QED) is 0.487. The molecule has 0 saturated carbocycles. The van der Waals surface area contributed by atoms with Crippen molar-refractivity contribution in [3.05, 3.63) is 52.3 Å². The number of rotatable bonds is 4. The molecule has 1 fully saturated rings. The molecule has 0 N–H and O–H groups in total. The molecule has 0 bridgehead atoms. The van der Waals surface area contributed by atoms with Crippen molar-refractivity contribution in [1.82, 2.24) is 0 Å². The predicted octanol–water partition coefficient (Wildman–Crippen LogP) is 3.93. The van der Waals surface area contributed by atoms with Crippen molar-refractivity contribution in [1.29, 1.82) is 0 Å². The van der Waals surface area contributed by atoms with Gasteiger partial charge in [0.15, 0.2) is 5.76 Å². The highest BCUT2D eigenvalue weighted by Crippen LogP contribution is 2.23. The number of hydrogen-bond donors (Lipinski definition) is 0. The number of anilines is 1. The van der Waals surface area contributed by atoms with E-state index in [0.29, 0.717) is 5.76 Å². The third-order valence-electron chi connectivity index (χ3n) is 3.70. The van der Waals surface area contributed by atoms with E-state index in [1.165, 1.54) is 43.3 Å². The van der Waals surface area contributed by atoms with Gasteiger partial charge < -0.3 is 9.32 Å². The predicted molar refractivity (Wildman–Crippen MR) is 85.1 cm³/mol. The number of nitrogens with zero attached hydrogens (tertiary/aromatic N) is 3. The van der Waals surface area contributed by atoms with E-state index < -0.39 is 4.92 Å². The Hall–Kier alpha value is -2.63. The minimum absolute atomic E-state index is 0.276. The molecule has 2 heterocycles. The lowest BCUT2D eigenvalue weighted by atomic mass is 10.1. The summed E-state index contributed by atoms with van der Waals surface area (Å²) in [4.78, 5) is 16.6. The van der Waals surface area contributed by atoms with Crippen molar-refractivity contribution in [2.75, 3.05) is 18.0 Å². The van der Waals surface area contributed by atoms with Gasteiger partial charge in [-0.25, -0.2) is 0 Å². The number of nitro groups is 1. The first-order valence-electron chi connectivity index (χ1n) is 7.36. The van der Waals surface area contributed by atoms with E-state index in [9.17, 15) is 10.1 Å². The molecule has 2 aromatic rings. The molecular formula is C16H17N3O3. The van der Waals surface area contributed by atoms with Crippen LogP contribution < -0.4 is 4.90 Å². The van der Waals surface area contributed by atoms with Crippen LogP contribution in [0.4, 0.5) is 17.3 Å². The molecule has 0 atom stereocenters. The van der Waals surface area contributed by atoms with Crippen LogP contribution in [0.1, 0.15) is 25.0 Å². The molecule has 3 rings (SSSR count). The molecule has 0 amide bonds. The largest absolute Gasteiger partial charge is 0.433 e. The Kier molecular flexibility index (Phi) is 4.18. The zero-order chi connectivity index (χ0) is 15.4. The van der Waals surface area contributed by atoms with Gasteiger partial charge in [0.05, 0.1) is 18.0 Å². The van der Waals surface area contributed by atoms with Crippen LogP contribution in [0, 0.1) is 10.1 Å². The minimum atomic E-state index is -0.565. The van der Waals surface area contributed by atoms with Gasteiger partial charge in [-0.15, -0.1) is 0 Å². The molecule has 0 spiro atoms. The summed E-state index contributed by atoms with van der Waals surface area (Å²) in [5, 5.41) is 10.5. The first kappa shape index (κ1) is 14.3. The maximum absolute atomic E-state index is 10.5. The summed E-state index contributed by atoms with van der Waals surface area (Å²) >= 11 is 0. The summed E-state index contributed by atoms with van der Waals surface area (Å²) < 4.78 is 5.03. The smallest absolute Gasteiger partial charge is 0.400 e. The molecule has 0 radical (unpaired) electrons. The zero-order valence-corrected chi connectivity index (χ0v) is 12.1. The van der Waals surface area contributed by atoms with E-state index in [1.807, 2.05) is 12.1 Å². The van der Waals surface area contributed by atoms with Crippen molar-refractivity contribution in [2.45, 2.75) is 19.3 Å². The van der Waals surface area contributed by atoms with E-state index in [4.69, 9.17) is 4.42 Å². The highest BCUT2D eigenvalue weighted by atomic mass is 16.6. The van der Waals surface area contributed by atoms with E-state index in [-0.39, 0.29) is 5.88 Å². The number of piperidine rings is 1. The minimum Gasteiger partial charge on any atom is -0.400 e. The first-order valence-corrected chi connectivity index (χ1v) is 7.36. The normalized spacial score (nSPS) is 15.4. The van der Waals surface area contributed by atoms with Gasteiger partial charge in [-0.1, -0.05) is 0 Å². The summed E-state index contributed by atoms with van der Waals surface area (Å²) in [5.74, 6) is 0.0914. The van der Waals surface area contributed by atoms with E-state index in [1.54, 1.807) is 0 Å². The Balaban J connectivity index is 1.67. The maximum atomic E-state index is 10.5. The number of furan rings is 1. The van der Waals surface area contributed by atoms with Gasteiger partial charge in [0.2, 0.25) is 0 Å². The van der Waals surface area contributed by atoms with Gasteiger partial charge in [0, 0.05) is 18.8 Å². The lowest BCUT2D eigenvalue weighted by Gasteiger charge is -2.28. The van der Waals surface area contributed by atoms with Crippen LogP contribution in [-0.4, -0.2) is 24.2 Å². The van der Waals surface area contributed by atoms with Crippen molar-refractivity contribution in [3.8, 4) is 0 Å². The van der Waals surface area contributed by atoms with Crippen LogP contribution in [0.2, 0.25) is 0 Å². The number of hydrogen-bond acceptors (Lipinski definition) is 5. The Morgan fingerprint density at radius 1 is 1.09 bits per heavy atom. The summed E-state index contributed by atoms with van der Waals surface area (Å²) in [6.45, 7) is 2.22. The molecule has 1 aromatic heterocycles. The molecule has 1 aliphatic heterocycles. The highest BCUT2D eigenvalue weighted by Gasteiger charge is 2.11. The fourth-order valence-electron chi connectivity index (χ4n) is 2.55. The van der Waals surface area contributed by atoms with Gasteiger partial charge >= 0.3 is 5.88 Å². The zero-order valence-electron chi connectivity index (χ0n) is 12.1. The van der Waals surface area contributed by atoms with Crippen LogP contribution in [0.3, 0.4) is 0 Å². The van der Waals surface area contributed by atoms with Crippen molar-refractivity contribution < 1.29 is 9.34 Å². The molecule has 22 heavy (non-hydrogen) atoms. The topological polar surface area (TPSA) is 71.9 Å². The molecule has 6 heteroatoms. The SMILES string of the molecule is O=[N+]([O-])c1ccc(C=Nc2ccc(N3CCCCC3)cc2)o1. The van der Waals surface area contributed by atoms with Crippen LogP contribution in [-0.2, 0) is 0 Å². The fourth-order valence-corrected chi connectivity index (χ4v) is 2.55. The average Bonchev–Trinajstić information content (AvgIpc) is 3.04.